The molecule has 0 aliphatic rings. The number of carboxylic acids is 1. The van der Waals surface area contributed by atoms with E-state index in [4.69, 9.17) is 16.7 Å². The lowest BCUT2D eigenvalue weighted by Crippen LogP contribution is -2.15. The minimum Gasteiger partial charge on any atom is -0.508 e. The summed E-state index contributed by atoms with van der Waals surface area (Å²) in [6.07, 6.45) is 0. The highest BCUT2D eigenvalue weighted by Gasteiger charge is 2.16. The van der Waals surface area contributed by atoms with E-state index in [-0.39, 0.29) is 27.6 Å². The van der Waals surface area contributed by atoms with E-state index < -0.39 is 11.9 Å². The van der Waals surface area contributed by atoms with Gasteiger partial charge in [-0.25, -0.2) is 4.79 Å². The van der Waals surface area contributed by atoms with Gasteiger partial charge in [-0.3, -0.25) is 4.79 Å². The van der Waals surface area contributed by atoms with Gasteiger partial charge in [0.25, 0.3) is 5.91 Å². The van der Waals surface area contributed by atoms with E-state index in [1.54, 1.807) is 13.0 Å². The minimum atomic E-state index is -1.19. The van der Waals surface area contributed by atoms with Crippen LogP contribution >= 0.6 is 11.6 Å². The normalized spacial score (nSPS) is 10.2. The van der Waals surface area contributed by atoms with Gasteiger partial charge >= 0.3 is 5.97 Å². The third kappa shape index (κ3) is 3.14. The standard InChI is InChI=1S/C15H12ClNO4/c1-8-5-6-9(7-12(8)18)14(19)17-13-10(15(20)21)3-2-4-11(13)16/h2-7,18H,1H3,(H,17,19)(H,20,21). The van der Waals surface area contributed by atoms with Crippen LogP contribution in [0.2, 0.25) is 5.02 Å². The predicted molar refractivity (Wildman–Crippen MR) is 79.2 cm³/mol. The van der Waals surface area contributed by atoms with E-state index in [0.29, 0.717) is 5.56 Å². The zero-order chi connectivity index (χ0) is 15.6. The molecule has 0 aliphatic carbocycles. The topological polar surface area (TPSA) is 86.6 Å². The van der Waals surface area contributed by atoms with Crippen molar-refractivity contribution in [2.75, 3.05) is 5.32 Å². The lowest BCUT2D eigenvalue weighted by molar-refractivity contribution is 0.0698. The van der Waals surface area contributed by atoms with Crippen LogP contribution in [0.25, 0.3) is 0 Å². The van der Waals surface area contributed by atoms with Crippen molar-refractivity contribution in [3.63, 3.8) is 0 Å². The van der Waals surface area contributed by atoms with Crippen molar-refractivity contribution in [2.45, 2.75) is 6.92 Å². The Morgan fingerprint density at radius 3 is 2.52 bits per heavy atom. The van der Waals surface area contributed by atoms with Crippen molar-refractivity contribution in [3.05, 3.63) is 58.1 Å². The number of aromatic carboxylic acids is 1. The number of carbonyl (C=O) groups is 2. The van der Waals surface area contributed by atoms with Crippen molar-refractivity contribution in [1.82, 2.24) is 0 Å². The van der Waals surface area contributed by atoms with Gasteiger partial charge in [0.1, 0.15) is 5.75 Å². The SMILES string of the molecule is Cc1ccc(C(=O)Nc2c(Cl)cccc2C(=O)O)cc1O. The molecule has 0 spiro atoms. The van der Waals surface area contributed by atoms with Crippen LogP contribution in [0.3, 0.4) is 0 Å². The van der Waals surface area contributed by atoms with Crippen LogP contribution in [0.1, 0.15) is 26.3 Å². The Morgan fingerprint density at radius 2 is 1.90 bits per heavy atom. The fourth-order valence-corrected chi connectivity index (χ4v) is 1.99. The molecular weight excluding hydrogens is 294 g/mol. The fourth-order valence-electron chi connectivity index (χ4n) is 1.77. The summed E-state index contributed by atoms with van der Waals surface area (Å²) >= 11 is 5.93. The maximum absolute atomic E-state index is 12.1. The number of nitrogens with one attached hydrogen (secondary N) is 1. The van der Waals surface area contributed by atoms with Crippen LogP contribution in [0.4, 0.5) is 5.69 Å². The van der Waals surface area contributed by atoms with Crippen molar-refractivity contribution in [1.29, 1.82) is 0 Å². The number of amides is 1. The number of phenols is 1. The van der Waals surface area contributed by atoms with Crippen LogP contribution < -0.4 is 5.32 Å². The average Bonchev–Trinajstić information content (AvgIpc) is 2.43. The number of para-hydroxylation sites is 1. The van der Waals surface area contributed by atoms with Gasteiger partial charge < -0.3 is 15.5 Å². The first-order valence-corrected chi connectivity index (χ1v) is 6.40. The number of rotatable bonds is 3. The average molecular weight is 306 g/mol. The molecule has 108 valence electrons. The Labute approximate surface area is 125 Å². The van der Waals surface area contributed by atoms with Crippen molar-refractivity contribution in [2.24, 2.45) is 0 Å². The van der Waals surface area contributed by atoms with Gasteiger partial charge in [-0.2, -0.15) is 0 Å². The van der Waals surface area contributed by atoms with Gasteiger partial charge in [0.2, 0.25) is 0 Å². The van der Waals surface area contributed by atoms with Crippen LogP contribution in [0, 0.1) is 6.92 Å². The number of halogens is 1. The van der Waals surface area contributed by atoms with Gasteiger partial charge in [-0.05, 0) is 36.8 Å². The van der Waals surface area contributed by atoms with E-state index in [2.05, 4.69) is 5.32 Å². The number of phenolic OH excluding ortho intramolecular Hbond substituents is 1. The maximum atomic E-state index is 12.1. The lowest BCUT2D eigenvalue weighted by atomic mass is 10.1. The Morgan fingerprint density at radius 1 is 1.19 bits per heavy atom. The summed E-state index contributed by atoms with van der Waals surface area (Å²) < 4.78 is 0. The summed E-state index contributed by atoms with van der Waals surface area (Å²) in [6, 6.07) is 8.74. The molecular formula is C15H12ClNO4. The molecule has 0 unspecified atom stereocenters. The monoisotopic (exact) mass is 305 g/mol. The maximum Gasteiger partial charge on any atom is 0.337 e. The zero-order valence-corrected chi connectivity index (χ0v) is 11.8. The number of aryl methyl sites for hydroxylation is 1. The van der Waals surface area contributed by atoms with Crippen molar-refractivity contribution in [3.8, 4) is 5.75 Å². The Balaban J connectivity index is 2.36. The summed E-state index contributed by atoms with van der Waals surface area (Å²) in [7, 11) is 0. The molecule has 0 heterocycles. The molecule has 0 aromatic heterocycles. The second kappa shape index (κ2) is 5.85. The molecule has 5 nitrogen and oxygen atoms in total. The van der Waals surface area contributed by atoms with Gasteiger partial charge in [0.05, 0.1) is 16.3 Å². The first-order chi connectivity index (χ1) is 9.90. The molecule has 0 aliphatic heterocycles. The van der Waals surface area contributed by atoms with E-state index in [0.717, 1.165) is 0 Å². The quantitative estimate of drug-likeness (QED) is 0.812. The van der Waals surface area contributed by atoms with Crippen molar-refractivity contribution < 1.29 is 19.8 Å². The van der Waals surface area contributed by atoms with E-state index in [1.165, 1.54) is 30.3 Å². The third-order valence-corrected chi connectivity index (χ3v) is 3.27. The Bertz CT molecular complexity index is 728. The van der Waals surface area contributed by atoms with E-state index >= 15 is 0 Å². The second-order valence-electron chi connectivity index (χ2n) is 4.42. The highest BCUT2D eigenvalue weighted by molar-refractivity contribution is 6.34. The molecule has 0 saturated carbocycles. The third-order valence-electron chi connectivity index (χ3n) is 2.95. The van der Waals surface area contributed by atoms with Crippen LogP contribution in [0.15, 0.2) is 36.4 Å². The number of hydrogen-bond donors (Lipinski definition) is 3. The van der Waals surface area contributed by atoms with E-state index in [9.17, 15) is 14.7 Å². The van der Waals surface area contributed by atoms with Gasteiger partial charge in [-0.1, -0.05) is 23.7 Å². The Kier molecular flexibility index (Phi) is 4.14. The van der Waals surface area contributed by atoms with Gasteiger partial charge in [-0.15, -0.1) is 0 Å². The molecule has 1 amide bonds. The smallest absolute Gasteiger partial charge is 0.337 e. The highest BCUT2D eigenvalue weighted by atomic mass is 35.5. The van der Waals surface area contributed by atoms with Crippen molar-refractivity contribution >= 4 is 29.2 Å². The molecule has 2 aromatic carbocycles. The fraction of sp³-hybridized carbons (Fsp3) is 0.0667. The molecule has 2 rings (SSSR count). The molecule has 0 fully saturated rings. The summed E-state index contributed by atoms with van der Waals surface area (Å²) in [6.45, 7) is 1.70. The number of carboxylic acid groups (broad SMARTS) is 1. The van der Waals surface area contributed by atoms with Crippen LogP contribution in [-0.2, 0) is 0 Å². The second-order valence-corrected chi connectivity index (χ2v) is 4.83. The molecule has 6 heteroatoms. The van der Waals surface area contributed by atoms with Crippen LogP contribution in [-0.4, -0.2) is 22.1 Å². The lowest BCUT2D eigenvalue weighted by Gasteiger charge is -2.11. The molecule has 2 aromatic rings. The highest BCUT2D eigenvalue weighted by Crippen LogP contribution is 2.27. The van der Waals surface area contributed by atoms with Gasteiger partial charge in [0, 0.05) is 5.56 Å². The summed E-state index contributed by atoms with van der Waals surface area (Å²) in [4.78, 5) is 23.3. The summed E-state index contributed by atoms with van der Waals surface area (Å²) in [5.74, 6) is -1.76. The molecule has 3 N–H and O–H groups in total. The first-order valence-electron chi connectivity index (χ1n) is 6.03. The largest absolute Gasteiger partial charge is 0.508 e. The molecule has 0 saturated heterocycles. The number of aromatic hydroxyl groups is 1. The summed E-state index contributed by atoms with van der Waals surface area (Å²) in [5, 5.41) is 21.3. The number of hydrogen-bond acceptors (Lipinski definition) is 3. The Hall–Kier alpha value is -2.53. The molecule has 0 bridgehead atoms. The van der Waals surface area contributed by atoms with Crippen LogP contribution in [0.5, 0.6) is 5.75 Å². The van der Waals surface area contributed by atoms with Gasteiger partial charge in [0.15, 0.2) is 0 Å². The molecule has 0 radical (unpaired) electrons. The molecule has 21 heavy (non-hydrogen) atoms. The summed E-state index contributed by atoms with van der Waals surface area (Å²) in [5.41, 5.74) is 0.758. The first kappa shape index (κ1) is 14.9. The number of anilines is 1. The minimum absolute atomic E-state index is 0.0136. The molecule has 0 atom stereocenters. The zero-order valence-electron chi connectivity index (χ0n) is 11.1. The predicted octanol–water partition coefficient (Wildman–Crippen LogP) is 3.30. The number of carbonyl (C=O) groups excluding carboxylic acids is 1. The number of benzene rings is 2. The van der Waals surface area contributed by atoms with E-state index in [1.807, 2.05) is 0 Å².